The van der Waals surface area contributed by atoms with Crippen LogP contribution in [-0.4, -0.2) is 47.1 Å². The van der Waals surface area contributed by atoms with E-state index < -0.39 is 0 Å². The van der Waals surface area contributed by atoms with Crippen molar-refractivity contribution >= 4 is 17.7 Å². The van der Waals surface area contributed by atoms with Crippen molar-refractivity contribution in [2.45, 2.75) is 19.8 Å². The van der Waals surface area contributed by atoms with E-state index in [1.54, 1.807) is 0 Å². The molecule has 3 nitrogen and oxygen atoms in total. The third-order valence-electron chi connectivity index (χ3n) is 3.44. The second-order valence-electron chi connectivity index (χ2n) is 5.06. The molecule has 0 radical (unpaired) electrons. The SMILES string of the molecule is Cc1cc(C(=O)N2CCCSCC2)ccc1C#CCCO. The van der Waals surface area contributed by atoms with Crippen LogP contribution in [0.5, 0.6) is 0 Å². The number of benzene rings is 1. The third-order valence-corrected chi connectivity index (χ3v) is 4.49. The monoisotopic (exact) mass is 303 g/mol. The number of carbonyl (C=O) groups is 1. The number of hydrogen-bond donors (Lipinski definition) is 1. The Kier molecular flexibility index (Phi) is 6.16. The average Bonchev–Trinajstić information content (AvgIpc) is 2.77. The summed E-state index contributed by atoms with van der Waals surface area (Å²) in [6.45, 7) is 3.73. The number of thioether (sulfide) groups is 1. The van der Waals surface area contributed by atoms with Crippen molar-refractivity contribution in [3.8, 4) is 11.8 Å². The van der Waals surface area contributed by atoms with Crippen LogP contribution in [0.1, 0.15) is 34.3 Å². The van der Waals surface area contributed by atoms with E-state index in [0.717, 1.165) is 47.7 Å². The summed E-state index contributed by atoms with van der Waals surface area (Å²) in [6, 6.07) is 5.68. The fourth-order valence-electron chi connectivity index (χ4n) is 2.28. The zero-order chi connectivity index (χ0) is 15.1. The molecule has 4 heteroatoms. The average molecular weight is 303 g/mol. The maximum atomic E-state index is 12.5. The summed E-state index contributed by atoms with van der Waals surface area (Å²) in [7, 11) is 0. The Morgan fingerprint density at radius 1 is 1.38 bits per heavy atom. The second kappa shape index (κ2) is 8.11. The van der Waals surface area contributed by atoms with Gasteiger partial charge < -0.3 is 10.0 Å². The molecule has 2 rings (SSSR count). The van der Waals surface area contributed by atoms with Crippen molar-refractivity contribution < 1.29 is 9.90 Å². The van der Waals surface area contributed by atoms with Gasteiger partial charge in [-0.3, -0.25) is 4.79 Å². The van der Waals surface area contributed by atoms with Crippen LogP contribution in [0, 0.1) is 18.8 Å². The van der Waals surface area contributed by atoms with Crippen LogP contribution >= 0.6 is 11.8 Å². The Balaban J connectivity index is 2.12. The summed E-state index contributed by atoms with van der Waals surface area (Å²) < 4.78 is 0. The smallest absolute Gasteiger partial charge is 0.253 e. The minimum atomic E-state index is 0.0790. The summed E-state index contributed by atoms with van der Waals surface area (Å²) in [6.07, 6.45) is 1.55. The van der Waals surface area contributed by atoms with Gasteiger partial charge in [0.1, 0.15) is 0 Å². The van der Waals surface area contributed by atoms with Crippen LogP contribution in [0.4, 0.5) is 0 Å². The van der Waals surface area contributed by atoms with E-state index in [9.17, 15) is 4.79 Å². The fourth-order valence-corrected chi connectivity index (χ4v) is 3.17. The second-order valence-corrected chi connectivity index (χ2v) is 6.29. The van der Waals surface area contributed by atoms with Gasteiger partial charge >= 0.3 is 0 Å². The molecule has 1 saturated heterocycles. The molecule has 0 spiro atoms. The number of amides is 1. The van der Waals surface area contributed by atoms with E-state index in [4.69, 9.17) is 5.11 Å². The maximum Gasteiger partial charge on any atom is 0.253 e. The van der Waals surface area contributed by atoms with E-state index in [2.05, 4.69) is 11.8 Å². The van der Waals surface area contributed by atoms with Gasteiger partial charge in [-0.2, -0.15) is 11.8 Å². The number of aliphatic hydroxyl groups excluding tert-OH is 1. The van der Waals surface area contributed by atoms with Gasteiger partial charge in [0.25, 0.3) is 5.91 Å². The number of aryl methyl sites for hydroxylation is 1. The van der Waals surface area contributed by atoms with Gasteiger partial charge in [-0.1, -0.05) is 11.8 Å². The number of carbonyl (C=O) groups excluding carboxylic acids is 1. The van der Waals surface area contributed by atoms with E-state index >= 15 is 0 Å². The van der Waals surface area contributed by atoms with Crippen molar-refractivity contribution in [3.63, 3.8) is 0 Å². The first-order valence-electron chi connectivity index (χ1n) is 7.30. The van der Waals surface area contributed by atoms with Crippen molar-refractivity contribution in [1.82, 2.24) is 4.90 Å². The Bertz CT molecular complexity index is 552. The van der Waals surface area contributed by atoms with Crippen molar-refractivity contribution in [3.05, 3.63) is 34.9 Å². The summed E-state index contributed by atoms with van der Waals surface area (Å²) in [5, 5.41) is 8.74. The van der Waals surface area contributed by atoms with Crippen LogP contribution in [0.25, 0.3) is 0 Å². The third kappa shape index (κ3) is 4.52. The topological polar surface area (TPSA) is 40.5 Å². The molecule has 1 N–H and O–H groups in total. The molecular formula is C17H21NO2S. The molecule has 112 valence electrons. The molecule has 0 aromatic heterocycles. The Morgan fingerprint density at radius 2 is 2.24 bits per heavy atom. The predicted molar refractivity (Wildman–Crippen MR) is 87.6 cm³/mol. The Labute approximate surface area is 130 Å². The highest BCUT2D eigenvalue weighted by Crippen LogP contribution is 2.16. The molecule has 0 bridgehead atoms. The summed E-state index contributed by atoms with van der Waals surface area (Å²) >= 11 is 1.92. The Hall–Kier alpha value is -1.44. The van der Waals surface area contributed by atoms with Crippen LogP contribution in [0.3, 0.4) is 0 Å². The largest absolute Gasteiger partial charge is 0.395 e. The summed E-state index contributed by atoms with van der Waals surface area (Å²) in [5.41, 5.74) is 2.68. The minimum absolute atomic E-state index is 0.0790. The Morgan fingerprint density at radius 3 is 3.00 bits per heavy atom. The van der Waals surface area contributed by atoms with Crippen molar-refractivity contribution in [2.24, 2.45) is 0 Å². The van der Waals surface area contributed by atoms with Gasteiger partial charge in [0.05, 0.1) is 6.61 Å². The highest BCUT2D eigenvalue weighted by Gasteiger charge is 2.17. The van der Waals surface area contributed by atoms with Crippen molar-refractivity contribution in [1.29, 1.82) is 0 Å². The number of rotatable bonds is 2. The molecule has 1 aliphatic rings. The molecular weight excluding hydrogens is 282 g/mol. The standard InChI is InChI=1S/C17H21NO2S/c1-14-13-16(7-6-15(14)5-2-3-10-19)17(20)18-8-4-11-21-12-9-18/h6-7,13,19H,3-4,8-12H2,1H3. The molecule has 1 aliphatic heterocycles. The molecule has 0 saturated carbocycles. The number of hydrogen-bond acceptors (Lipinski definition) is 3. The zero-order valence-corrected chi connectivity index (χ0v) is 13.2. The quantitative estimate of drug-likeness (QED) is 0.852. The first-order chi connectivity index (χ1) is 10.2. The maximum absolute atomic E-state index is 12.5. The molecule has 1 aromatic carbocycles. The highest BCUT2D eigenvalue weighted by molar-refractivity contribution is 7.99. The number of aliphatic hydroxyl groups is 1. The molecule has 21 heavy (non-hydrogen) atoms. The summed E-state index contributed by atoms with van der Waals surface area (Å²) in [4.78, 5) is 14.5. The minimum Gasteiger partial charge on any atom is -0.395 e. The lowest BCUT2D eigenvalue weighted by Gasteiger charge is -2.20. The van der Waals surface area contributed by atoms with E-state index in [1.807, 2.05) is 41.8 Å². The molecule has 0 unspecified atom stereocenters. The lowest BCUT2D eigenvalue weighted by atomic mass is 10.0. The van der Waals surface area contributed by atoms with Gasteiger partial charge in [0, 0.05) is 36.4 Å². The van der Waals surface area contributed by atoms with Gasteiger partial charge in [0.15, 0.2) is 0 Å². The molecule has 1 aromatic rings. The van der Waals surface area contributed by atoms with Gasteiger partial charge in [-0.25, -0.2) is 0 Å². The lowest BCUT2D eigenvalue weighted by Crippen LogP contribution is -2.32. The molecule has 0 atom stereocenters. The lowest BCUT2D eigenvalue weighted by molar-refractivity contribution is 0.0768. The first kappa shape index (κ1) is 15.9. The molecule has 1 fully saturated rings. The normalized spacial score (nSPS) is 15.0. The molecule has 1 amide bonds. The molecule has 0 aliphatic carbocycles. The van der Waals surface area contributed by atoms with Crippen LogP contribution in [0.2, 0.25) is 0 Å². The molecule has 1 heterocycles. The van der Waals surface area contributed by atoms with Gasteiger partial charge in [-0.15, -0.1) is 0 Å². The van der Waals surface area contributed by atoms with E-state index in [0.29, 0.717) is 6.42 Å². The first-order valence-corrected chi connectivity index (χ1v) is 8.45. The van der Waals surface area contributed by atoms with E-state index in [-0.39, 0.29) is 12.5 Å². The summed E-state index contributed by atoms with van der Waals surface area (Å²) in [5.74, 6) is 8.23. The van der Waals surface area contributed by atoms with Crippen LogP contribution < -0.4 is 0 Å². The van der Waals surface area contributed by atoms with Gasteiger partial charge in [-0.05, 0) is 42.9 Å². The van der Waals surface area contributed by atoms with Crippen molar-refractivity contribution in [2.75, 3.05) is 31.2 Å². The van der Waals surface area contributed by atoms with Gasteiger partial charge in [0.2, 0.25) is 0 Å². The van der Waals surface area contributed by atoms with Crippen LogP contribution in [0.15, 0.2) is 18.2 Å². The van der Waals surface area contributed by atoms with E-state index in [1.165, 1.54) is 0 Å². The highest BCUT2D eigenvalue weighted by atomic mass is 32.2. The predicted octanol–water partition coefficient (Wildman–Crippen LogP) is 2.31. The van der Waals surface area contributed by atoms with Crippen LogP contribution in [-0.2, 0) is 0 Å². The number of nitrogens with zero attached hydrogens (tertiary/aromatic N) is 1. The zero-order valence-electron chi connectivity index (χ0n) is 12.4. The fraction of sp³-hybridized carbons (Fsp3) is 0.471.